The predicted molar refractivity (Wildman–Crippen MR) is 84.9 cm³/mol. The molecule has 1 rings (SSSR count). The van der Waals surface area contributed by atoms with E-state index in [9.17, 15) is 4.79 Å². The minimum absolute atomic E-state index is 0.00284. The highest BCUT2D eigenvalue weighted by Gasteiger charge is 2.26. The summed E-state index contributed by atoms with van der Waals surface area (Å²) in [6.45, 7) is 6.79. The number of carbonyl (C=O) groups is 1. The van der Waals surface area contributed by atoms with E-state index in [1.165, 1.54) is 0 Å². The van der Waals surface area contributed by atoms with Gasteiger partial charge in [-0.25, -0.2) is 0 Å². The molecule has 0 bridgehead atoms. The van der Waals surface area contributed by atoms with Crippen LogP contribution in [0.3, 0.4) is 0 Å². The molecule has 4 heteroatoms. The van der Waals surface area contributed by atoms with Crippen LogP contribution in [0.5, 0.6) is 0 Å². The van der Waals surface area contributed by atoms with Crippen molar-refractivity contribution in [3.05, 3.63) is 33.8 Å². The van der Waals surface area contributed by atoms with Gasteiger partial charge in [0.25, 0.3) is 5.91 Å². The fourth-order valence-electron chi connectivity index (χ4n) is 1.94. The Hall–Kier alpha value is -0.540. The lowest BCUT2D eigenvalue weighted by atomic mass is 9.84. The van der Waals surface area contributed by atoms with Crippen molar-refractivity contribution in [3.8, 4) is 0 Å². The van der Waals surface area contributed by atoms with Crippen molar-refractivity contribution in [2.45, 2.75) is 33.6 Å². The van der Waals surface area contributed by atoms with Crippen LogP contribution in [0.4, 0.5) is 0 Å². The van der Waals surface area contributed by atoms with Crippen LogP contribution in [0.1, 0.15) is 42.6 Å². The van der Waals surface area contributed by atoms with Gasteiger partial charge in [0.2, 0.25) is 0 Å². The van der Waals surface area contributed by atoms with Gasteiger partial charge in [0.1, 0.15) is 0 Å². The molecule has 0 spiro atoms. The summed E-state index contributed by atoms with van der Waals surface area (Å²) in [6.07, 6.45) is 1.93. The van der Waals surface area contributed by atoms with E-state index in [4.69, 9.17) is 11.6 Å². The van der Waals surface area contributed by atoms with Crippen LogP contribution in [0.25, 0.3) is 0 Å². The number of benzene rings is 1. The van der Waals surface area contributed by atoms with Crippen LogP contribution >= 0.6 is 27.5 Å². The molecule has 0 radical (unpaired) electrons. The zero-order valence-corrected chi connectivity index (χ0v) is 14.1. The third kappa shape index (κ3) is 4.22. The summed E-state index contributed by atoms with van der Waals surface area (Å²) < 4.78 is 0.915. The van der Waals surface area contributed by atoms with Gasteiger partial charge in [0.05, 0.1) is 0 Å². The van der Waals surface area contributed by atoms with Gasteiger partial charge in [-0.2, -0.15) is 0 Å². The number of rotatable bonds is 6. The van der Waals surface area contributed by atoms with E-state index < -0.39 is 0 Å². The summed E-state index contributed by atoms with van der Waals surface area (Å²) in [5.74, 6) is 0.535. The highest BCUT2D eigenvalue weighted by atomic mass is 79.9. The second kappa shape index (κ2) is 7.30. The molecule has 19 heavy (non-hydrogen) atoms. The van der Waals surface area contributed by atoms with Crippen molar-refractivity contribution >= 4 is 33.4 Å². The van der Waals surface area contributed by atoms with E-state index in [1.54, 1.807) is 0 Å². The molecule has 0 heterocycles. The Balaban J connectivity index is 2.77. The van der Waals surface area contributed by atoms with Crippen molar-refractivity contribution in [3.63, 3.8) is 0 Å². The average Bonchev–Trinajstić information content (AvgIpc) is 2.43. The highest BCUT2D eigenvalue weighted by molar-refractivity contribution is 9.10. The summed E-state index contributed by atoms with van der Waals surface area (Å²) in [7, 11) is 0. The number of hydrogen-bond acceptors (Lipinski definition) is 1. The molecule has 0 aliphatic rings. The molecule has 1 N–H and O–H groups in total. The van der Waals surface area contributed by atoms with E-state index in [1.807, 2.05) is 25.1 Å². The molecule has 0 aromatic heterocycles. The van der Waals surface area contributed by atoms with Gasteiger partial charge in [-0.3, -0.25) is 4.79 Å². The second-order valence-electron chi connectivity index (χ2n) is 4.98. The Labute approximate surface area is 129 Å². The first kappa shape index (κ1) is 16.5. The third-order valence-corrected chi connectivity index (χ3v) is 4.91. The van der Waals surface area contributed by atoms with Crippen LogP contribution in [0.15, 0.2) is 22.7 Å². The number of carbonyl (C=O) groups excluding carboxylic acids is 1. The minimum atomic E-state index is -0.0322. The van der Waals surface area contributed by atoms with Crippen LogP contribution in [-0.4, -0.2) is 18.3 Å². The van der Waals surface area contributed by atoms with Crippen LogP contribution < -0.4 is 5.32 Å². The average molecular weight is 347 g/mol. The SMILES string of the molecule is CCC(CC)(CCl)CNC(=O)c1cc(Br)ccc1C. The van der Waals surface area contributed by atoms with E-state index in [-0.39, 0.29) is 11.3 Å². The number of alkyl halides is 1. The molecule has 0 saturated carbocycles. The minimum Gasteiger partial charge on any atom is -0.351 e. The maximum atomic E-state index is 12.2. The fourth-order valence-corrected chi connectivity index (χ4v) is 2.77. The van der Waals surface area contributed by atoms with Crippen molar-refractivity contribution in [2.75, 3.05) is 12.4 Å². The lowest BCUT2D eigenvalue weighted by Gasteiger charge is -2.29. The predicted octanol–water partition coefficient (Wildman–Crippen LogP) is 4.53. The largest absolute Gasteiger partial charge is 0.351 e. The molecule has 0 aliphatic carbocycles. The van der Waals surface area contributed by atoms with Gasteiger partial charge in [-0.15, -0.1) is 11.6 Å². The van der Waals surface area contributed by atoms with Crippen LogP contribution in [0, 0.1) is 12.3 Å². The van der Waals surface area contributed by atoms with Gasteiger partial charge >= 0.3 is 0 Å². The smallest absolute Gasteiger partial charge is 0.251 e. The number of halogens is 2. The first-order valence-corrected chi connectivity index (χ1v) is 7.91. The lowest BCUT2D eigenvalue weighted by molar-refractivity contribution is 0.0931. The number of nitrogens with one attached hydrogen (secondary N) is 1. The molecular formula is C15H21BrClNO. The first-order valence-electron chi connectivity index (χ1n) is 6.58. The third-order valence-electron chi connectivity index (χ3n) is 3.85. The molecule has 0 saturated heterocycles. The van der Waals surface area contributed by atoms with Crippen molar-refractivity contribution in [1.82, 2.24) is 5.32 Å². The van der Waals surface area contributed by atoms with Crippen molar-refractivity contribution < 1.29 is 4.79 Å². The molecular weight excluding hydrogens is 326 g/mol. The summed E-state index contributed by atoms with van der Waals surface area (Å²) in [5.41, 5.74) is 1.69. The topological polar surface area (TPSA) is 29.1 Å². The lowest BCUT2D eigenvalue weighted by Crippen LogP contribution is -2.38. The molecule has 0 atom stereocenters. The summed E-state index contributed by atoms with van der Waals surface area (Å²) in [4.78, 5) is 12.2. The maximum absolute atomic E-state index is 12.2. The quantitative estimate of drug-likeness (QED) is 0.753. The van der Waals surface area contributed by atoms with Crippen molar-refractivity contribution in [2.24, 2.45) is 5.41 Å². The number of aryl methyl sites for hydroxylation is 1. The number of hydrogen-bond donors (Lipinski definition) is 1. The van der Waals surface area contributed by atoms with Gasteiger partial charge in [-0.1, -0.05) is 35.8 Å². The molecule has 1 aromatic rings. The molecule has 1 amide bonds. The summed E-state index contributed by atoms with van der Waals surface area (Å²) in [5, 5.41) is 3.02. The molecule has 2 nitrogen and oxygen atoms in total. The Morgan fingerprint density at radius 2 is 2.00 bits per heavy atom. The van der Waals surface area contributed by atoms with E-state index in [2.05, 4.69) is 35.1 Å². The van der Waals surface area contributed by atoms with Crippen molar-refractivity contribution in [1.29, 1.82) is 0 Å². The zero-order chi connectivity index (χ0) is 14.5. The molecule has 0 aliphatic heterocycles. The van der Waals surface area contributed by atoms with Crippen LogP contribution in [0.2, 0.25) is 0 Å². The number of amides is 1. The molecule has 0 fully saturated rings. The van der Waals surface area contributed by atoms with Crippen LogP contribution in [-0.2, 0) is 0 Å². The highest BCUT2D eigenvalue weighted by Crippen LogP contribution is 2.27. The maximum Gasteiger partial charge on any atom is 0.251 e. The Bertz CT molecular complexity index is 436. The van der Waals surface area contributed by atoms with E-state index >= 15 is 0 Å². The van der Waals surface area contributed by atoms with Gasteiger partial charge in [0.15, 0.2) is 0 Å². The normalized spacial score (nSPS) is 11.4. The van der Waals surface area contributed by atoms with Gasteiger partial charge in [-0.05, 0) is 37.5 Å². The van der Waals surface area contributed by atoms with E-state index in [0.29, 0.717) is 18.0 Å². The Morgan fingerprint density at radius 3 is 2.53 bits per heavy atom. The Morgan fingerprint density at radius 1 is 1.37 bits per heavy atom. The Kier molecular flexibility index (Phi) is 6.34. The van der Waals surface area contributed by atoms with Gasteiger partial charge < -0.3 is 5.32 Å². The van der Waals surface area contributed by atoms with E-state index in [0.717, 1.165) is 22.9 Å². The summed E-state index contributed by atoms with van der Waals surface area (Å²) >= 11 is 9.45. The first-order chi connectivity index (χ1) is 8.98. The summed E-state index contributed by atoms with van der Waals surface area (Å²) in [6, 6.07) is 5.73. The monoisotopic (exact) mass is 345 g/mol. The standard InChI is InChI=1S/C15H21BrClNO/c1-4-15(5-2,9-17)10-18-14(19)13-8-12(16)7-6-11(13)3/h6-8H,4-5,9-10H2,1-3H3,(H,18,19). The zero-order valence-electron chi connectivity index (χ0n) is 11.7. The molecule has 106 valence electrons. The van der Waals surface area contributed by atoms with Gasteiger partial charge in [0, 0.05) is 27.9 Å². The second-order valence-corrected chi connectivity index (χ2v) is 6.17. The fraction of sp³-hybridized carbons (Fsp3) is 0.533. The molecule has 1 aromatic carbocycles. The molecule has 0 unspecified atom stereocenters.